The molecule has 2 aromatic rings. The van der Waals surface area contributed by atoms with Gasteiger partial charge >= 0.3 is 5.97 Å². The van der Waals surface area contributed by atoms with Gasteiger partial charge in [0.15, 0.2) is 0 Å². The Hall–Kier alpha value is -1.70. The molecule has 5 nitrogen and oxygen atoms in total. The molecule has 1 heterocycles. The van der Waals surface area contributed by atoms with Gasteiger partial charge in [0.25, 0.3) is 0 Å². The maximum Gasteiger partial charge on any atom is 0.335 e. The van der Waals surface area contributed by atoms with Gasteiger partial charge in [0.05, 0.1) is 9.13 Å². The number of aromatic nitrogens is 2. The van der Waals surface area contributed by atoms with Gasteiger partial charge in [-0.3, -0.25) is 0 Å². The van der Waals surface area contributed by atoms with Crippen molar-refractivity contribution in [2.45, 2.75) is 6.92 Å². The van der Waals surface area contributed by atoms with Crippen molar-refractivity contribution >= 4 is 28.6 Å². The lowest BCUT2D eigenvalue weighted by Crippen LogP contribution is -1.99. The number of halogens is 1. The second-order valence-electron chi connectivity index (χ2n) is 3.56. The van der Waals surface area contributed by atoms with Crippen molar-refractivity contribution in [2.75, 3.05) is 0 Å². The van der Waals surface area contributed by atoms with Gasteiger partial charge in [-0.05, 0) is 47.2 Å². The lowest BCUT2D eigenvalue weighted by molar-refractivity contribution is 0.0696. The van der Waals surface area contributed by atoms with E-state index in [0.29, 0.717) is 11.6 Å². The molecule has 6 heteroatoms. The Labute approximate surface area is 117 Å². The highest BCUT2D eigenvalue weighted by Gasteiger charge is 2.10. The van der Waals surface area contributed by atoms with Crippen LogP contribution in [0.1, 0.15) is 15.9 Å². The monoisotopic (exact) mass is 356 g/mol. The van der Waals surface area contributed by atoms with Crippen molar-refractivity contribution in [1.82, 2.24) is 9.97 Å². The number of aryl methyl sites for hydroxylation is 1. The summed E-state index contributed by atoms with van der Waals surface area (Å²) in [7, 11) is 0. The van der Waals surface area contributed by atoms with E-state index in [2.05, 4.69) is 32.6 Å². The number of aromatic carboxylic acids is 1. The van der Waals surface area contributed by atoms with E-state index < -0.39 is 5.97 Å². The van der Waals surface area contributed by atoms with E-state index in [-0.39, 0.29) is 5.56 Å². The predicted molar refractivity (Wildman–Crippen MR) is 73.0 cm³/mol. The summed E-state index contributed by atoms with van der Waals surface area (Å²) < 4.78 is 6.37. The molecule has 0 bridgehead atoms. The fourth-order valence-corrected chi connectivity index (χ4v) is 1.73. The molecule has 0 fully saturated rings. The average Bonchev–Trinajstić information content (AvgIpc) is 2.34. The molecule has 1 aromatic carbocycles. The van der Waals surface area contributed by atoms with Gasteiger partial charge in [-0.15, -0.1) is 0 Å². The summed E-state index contributed by atoms with van der Waals surface area (Å²) in [5, 5.41) is 8.94. The molecule has 1 N–H and O–H groups in total. The summed E-state index contributed by atoms with van der Waals surface area (Å²) in [4.78, 5) is 18.8. The first-order valence-electron chi connectivity index (χ1n) is 5.05. The zero-order valence-electron chi connectivity index (χ0n) is 9.42. The highest BCUT2D eigenvalue weighted by Crippen LogP contribution is 2.27. The van der Waals surface area contributed by atoms with Gasteiger partial charge in [0.2, 0.25) is 5.88 Å². The van der Waals surface area contributed by atoms with Crippen LogP contribution in [0.2, 0.25) is 0 Å². The molecular weight excluding hydrogens is 347 g/mol. The largest absolute Gasteiger partial charge is 0.478 e. The number of nitrogens with zero attached hydrogens (tertiary/aromatic N) is 2. The van der Waals surface area contributed by atoms with Crippen molar-refractivity contribution in [3.8, 4) is 11.6 Å². The van der Waals surface area contributed by atoms with Crippen LogP contribution in [-0.4, -0.2) is 21.0 Å². The van der Waals surface area contributed by atoms with Crippen LogP contribution in [0.3, 0.4) is 0 Å². The van der Waals surface area contributed by atoms with E-state index in [4.69, 9.17) is 9.84 Å². The minimum Gasteiger partial charge on any atom is -0.478 e. The summed E-state index contributed by atoms with van der Waals surface area (Å²) >= 11 is 2.05. The van der Waals surface area contributed by atoms with Crippen molar-refractivity contribution < 1.29 is 14.6 Å². The standard InChI is InChI=1S/C12H9IN2O3/c1-7-2-3-8(12(16)17)4-10(7)18-11-9(13)5-14-6-15-11/h2-6H,1H3,(H,16,17). The maximum absolute atomic E-state index is 10.9. The van der Waals surface area contributed by atoms with E-state index in [1.165, 1.54) is 18.5 Å². The van der Waals surface area contributed by atoms with E-state index in [1.54, 1.807) is 12.3 Å². The molecule has 0 spiro atoms. The van der Waals surface area contributed by atoms with Gasteiger partial charge in [0, 0.05) is 6.20 Å². The second kappa shape index (κ2) is 5.30. The van der Waals surface area contributed by atoms with Crippen molar-refractivity contribution in [3.63, 3.8) is 0 Å². The van der Waals surface area contributed by atoms with Gasteiger partial charge < -0.3 is 9.84 Å². The highest BCUT2D eigenvalue weighted by atomic mass is 127. The minimum absolute atomic E-state index is 0.180. The number of carboxylic acid groups (broad SMARTS) is 1. The molecule has 2 rings (SSSR count). The summed E-state index contributed by atoms with van der Waals surface area (Å²) in [6.07, 6.45) is 3.01. The summed E-state index contributed by atoms with van der Waals surface area (Å²) in [5.41, 5.74) is 1.02. The number of hydrogen-bond acceptors (Lipinski definition) is 4. The lowest BCUT2D eigenvalue weighted by atomic mass is 10.1. The summed E-state index contributed by atoms with van der Waals surface area (Å²) in [5.74, 6) is -0.0972. The molecule has 1 aromatic heterocycles. The molecule has 0 saturated heterocycles. The normalized spacial score (nSPS) is 10.1. The number of rotatable bonds is 3. The van der Waals surface area contributed by atoms with Gasteiger partial charge in [-0.2, -0.15) is 0 Å². The number of ether oxygens (including phenoxy) is 1. The number of hydrogen-bond donors (Lipinski definition) is 1. The van der Waals surface area contributed by atoms with Crippen LogP contribution in [0.25, 0.3) is 0 Å². The quantitative estimate of drug-likeness (QED) is 0.857. The first-order chi connectivity index (χ1) is 8.58. The third-order valence-corrected chi connectivity index (χ3v) is 3.02. The molecule has 18 heavy (non-hydrogen) atoms. The number of carbonyl (C=O) groups is 1. The lowest BCUT2D eigenvalue weighted by Gasteiger charge is -2.09. The van der Waals surface area contributed by atoms with Crippen LogP contribution < -0.4 is 4.74 Å². The summed E-state index contributed by atoms with van der Waals surface area (Å²) in [6, 6.07) is 4.72. The summed E-state index contributed by atoms with van der Waals surface area (Å²) in [6.45, 7) is 1.84. The Bertz CT molecular complexity index is 602. The first-order valence-corrected chi connectivity index (χ1v) is 6.13. The Kier molecular flexibility index (Phi) is 3.75. The van der Waals surface area contributed by atoms with Crippen molar-refractivity contribution in [1.29, 1.82) is 0 Å². The van der Waals surface area contributed by atoms with E-state index >= 15 is 0 Å². The Morgan fingerprint density at radius 3 is 2.89 bits per heavy atom. The Morgan fingerprint density at radius 2 is 2.22 bits per heavy atom. The molecular formula is C12H9IN2O3. The van der Waals surface area contributed by atoms with Crippen molar-refractivity contribution in [2.24, 2.45) is 0 Å². The van der Waals surface area contributed by atoms with Crippen LogP contribution in [0.4, 0.5) is 0 Å². The van der Waals surface area contributed by atoms with E-state index in [1.807, 2.05) is 6.92 Å². The molecule has 0 atom stereocenters. The molecule has 0 amide bonds. The average molecular weight is 356 g/mol. The molecule has 0 aliphatic carbocycles. The predicted octanol–water partition coefficient (Wildman–Crippen LogP) is 2.88. The van der Waals surface area contributed by atoms with Gasteiger partial charge in [0.1, 0.15) is 12.1 Å². The topological polar surface area (TPSA) is 72.3 Å². The highest BCUT2D eigenvalue weighted by molar-refractivity contribution is 14.1. The zero-order valence-corrected chi connectivity index (χ0v) is 11.6. The molecule has 92 valence electrons. The van der Waals surface area contributed by atoms with Crippen LogP contribution in [0.15, 0.2) is 30.7 Å². The van der Waals surface area contributed by atoms with E-state index in [9.17, 15) is 4.79 Å². The third kappa shape index (κ3) is 2.76. The molecule has 0 aliphatic rings. The van der Waals surface area contributed by atoms with Crippen LogP contribution in [0, 0.1) is 10.5 Å². The molecule has 0 aliphatic heterocycles. The third-order valence-electron chi connectivity index (χ3n) is 2.28. The van der Waals surface area contributed by atoms with Gasteiger partial charge in [-0.1, -0.05) is 6.07 Å². The van der Waals surface area contributed by atoms with E-state index in [0.717, 1.165) is 9.13 Å². The fourth-order valence-electron chi connectivity index (χ4n) is 1.32. The number of benzene rings is 1. The van der Waals surface area contributed by atoms with Crippen LogP contribution >= 0.6 is 22.6 Å². The SMILES string of the molecule is Cc1ccc(C(=O)O)cc1Oc1ncncc1I. The zero-order chi connectivity index (χ0) is 13.1. The first kappa shape index (κ1) is 12.7. The number of carboxylic acids is 1. The van der Waals surface area contributed by atoms with Gasteiger partial charge in [-0.25, -0.2) is 14.8 Å². The fraction of sp³-hybridized carbons (Fsp3) is 0.0833. The smallest absolute Gasteiger partial charge is 0.335 e. The minimum atomic E-state index is -0.989. The Morgan fingerprint density at radius 1 is 1.44 bits per heavy atom. The second-order valence-corrected chi connectivity index (χ2v) is 4.73. The maximum atomic E-state index is 10.9. The Balaban J connectivity index is 2.37. The van der Waals surface area contributed by atoms with Crippen LogP contribution in [0.5, 0.6) is 11.6 Å². The van der Waals surface area contributed by atoms with Crippen LogP contribution in [-0.2, 0) is 0 Å². The molecule has 0 saturated carbocycles. The molecule has 0 radical (unpaired) electrons. The van der Waals surface area contributed by atoms with Crippen molar-refractivity contribution in [3.05, 3.63) is 45.4 Å². The molecule has 0 unspecified atom stereocenters.